The number of nitrogens with one attached hydrogen (secondary N) is 1. The lowest BCUT2D eigenvalue weighted by Gasteiger charge is -2.14. The highest BCUT2D eigenvalue weighted by atomic mass is 32.1. The molecule has 0 saturated carbocycles. The molecule has 0 bridgehead atoms. The molecule has 2 rings (SSSR count). The van der Waals surface area contributed by atoms with Crippen LogP contribution in [0.2, 0.25) is 0 Å². The van der Waals surface area contributed by atoms with Gasteiger partial charge in [-0.05, 0) is 18.1 Å². The zero-order valence-electron chi connectivity index (χ0n) is 10.3. The number of hydrogen-bond donors (Lipinski definition) is 2. The number of thiol groups is 1. The van der Waals surface area contributed by atoms with Gasteiger partial charge in [0.1, 0.15) is 0 Å². The maximum atomic E-state index is 12.8. The molecule has 0 aliphatic carbocycles. The van der Waals surface area contributed by atoms with Gasteiger partial charge in [-0.15, -0.1) is 8.78 Å². The van der Waals surface area contributed by atoms with E-state index in [0.717, 1.165) is 0 Å². The number of anilines is 1. The Labute approximate surface area is 114 Å². The number of rotatable bonds is 3. The fourth-order valence-corrected chi connectivity index (χ4v) is 1.61. The van der Waals surface area contributed by atoms with Gasteiger partial charge in [0.15, 0.2) is 11.5 Å². The average Bonchev–Trinajstić information content (AvgIpc) is 2.60. The summed E-state index contributed by atoms with van der Waals surface area (Å²) in [6.45, 7) is 3.72. The van der Waals surface area contributed by atoms with Crippen LogP contribution in [0.5, 0.6) is 11.5 Å². The van der Waals surface area contributed by atoms with Crippen molar-refractivity contribution in [3.8, 4) is 11.5 Å². The average molecular weight is 289 g/mol. The zero-order chi connectivity index (χ0) is 14.2. The molecular weight excluding hydrogens is 276 g/mol. The highest BCUT2D eigenvalue weighted by Crippen LogP contribution is 2.42. The number of alkyl halides is 2. The number of benzene rings is 1. The summed E-state index contributed by atoms with van der Waals surface area (Å²) in [5, 5.41) is 2.10. The first-order chi connectivity index (χ1) is 8.78. The molecular formula is C12H13F2NO3S. The number of halogens is 2. The second-order valence-corrected chi connectivity index (χ2v) is 5.06. The molecule has 0 fully saturated rings. The fourth-order valence-electron chi connectivity index (χ4n) is 1.55. The Balaban J connectivity index is 2.11. The van der Waals surface area contributed by atoms with Crippen LogP contribution in [0, 0.1) is 5.92 Å². The lowest BCUT2D eigenvalue weighted by atomic mass is 10.1. The van der Waals surface area contributed by atoms with Crippen molar-refractivity contribution >= 4 is 24.2 Å². The van der Waals surface area contributed by atoms with Crippen LogP contribution in [-0.2, 0) is 4.79 Å². The largest absolute Gasteiger partial charge is 0.586 e. The Morgan fingerprint density at radius 3 is 2.58 bits per heavy atom. The van der Waals surface area contributed by atoms with Crippen LogP contribution in [0.25, 0.3) is 0 Å². The third-order valence-electron chi connectivity index (χ3n) is 2.57. The molecule has 0 aromatic heterocycles. The van der Waals surface area contributed by atoms with E-state index in [-0.39, 0.29) is 23.3 Å². The fraction of sp³-hybridized carbons (Fsp3) is 0.417. The minimum atomic E-state index is -3.66. The van der Waals surface area contributed by atoms with E-state index in [2.05, 4.69) is 27.4 Å². The molecule has 0 spiro atoms. The summed E-state index contributed by atoms with van der Waals surface area (Å²) >= 11 is 4.17. The second kappa shape index (κ2) is 4.88. The molecule has 1 heterocycles. The molecule has 1 aromatic carbocycles. The molecule has 104 valence electrons. The number of carbonyl (C=O) groups is 1. The number of fused-ring (bicyclic) bond motifs is 1. The Bertz CT molecular complexity index is 508. The smallest absolute Gasteiger partial charge is 0.395 e. The quantitative estimate of drug-likeness (QED) is 0.841. The van der Waals surface area contributed by atoms with E-state index in [9.17, 15) is 13.6 Å². The van der Waals surface area contributed by atoms with Gasteiger partial charge in [-0.3, -0.25) is 4.79 Å². The summed E-state index contributed by atoms with van der Waals surface area (Å²) in [5.74, 6) is -0.414. The topological polar surface area (TPSA) is 47.6 Å². The molecule has 0 saturated heterocycles. The highest BCUT2D eigenvalue weighted by molar-refractivity contribution is 7.81. The molecule has 1 aromatic rings. The van der Waals surface area contributed by atoms with Crippen molar-refractivity contribution in [2.45, 2.75) is 25.4 Å². The van der Waals surface area contributed by atoms with Crippen molar-refractivity contribution in [1.82, 2.24) is 0 Å². The Hall–Kier alpha value is -1.50. The Morgan fingerprint density at radius 1 is 1.32 bits per heavy atom. The van der Waals surface area contributed by atoms with E-state index < -0.39 is 11.5 Å². The zero-order valence-corrected chi connectivity index (χ0v) is 11.2. The molecule has 4 nitrogen and oxygen atoms in total. The minimum absolute atomic E-state index is 0.0571. The maximum Gasteiger partial charge on any atom is 0.586 e. The van der Waals surface area contributed by atoms with E-state index in [0.29, 0.717) is 5.69 Å². The standard InChI is InChI=1S/C12H13F2NO3S/c1-6(2)10(19)11(16)15-7-3-4-8-9(5-7)18-12(13,14)17-8/h3-6,10,19H,1-2H3,(H,15,16). The lowest BCUT2D eigenvalue weighted by molar-refractivity contribution is -0.286. The normalized spacial score (nSPS) is 17.4. The number of ether oxygens (including phenoxy) is 2. The number of hydrogen-bond acceptors (Lipinski definition) is 4. The van der Waals surface area contributed by atoms with Crippen molar-refractivity contribution in [2.24, 2.45) is 5.92 Å². The van der Waals surface area contributed by atoms with E-state index in [1.54, 1.807) is 0 Å². The van der Waals surface area contributed by atoms with Crippen molar-refractivity contribution in [3.05, 3.63) is 18.2 Å². The van der Waals surface area contributed by atoms with Crippen LogP contribution >= 0.6 is 12.6 Å². The SMILES string of the molecule is CC(C)C(S)C(=O)Nc1ccc2c(c1)OC(F)(F)O2. The third kappa shape index (κ3) is 3.09. The van der Waals surface area contributed by atoms with Crippen LogP contribution in [0.15, 0.2) is 18.2 Å². The second-order valence-electron chi connectivity index (χ2n) is 4.51. The lowest BCUT2D eigenvalue weighted by Crippen LogP contribution is -2.27. The van der Waals surface area contributed by atoms with Crippen molar-refractivity contribution in [2.75, 3.05) is 5.32 Å². The summed E-state index contributed by atoms with van der Waals surface area (Å²) in [4.78, 5) is 11.8. The summed E-state index contributed by atoms with van der Waals surface area (Å²) in [7, 11) is 0. The molecule has 1 aliphatic rings. The molecule has 1 unspecified atom stereocenters. The van der Waals surface area contributed by atoms with Crippen LogP contribution in [0.1, 0.15) is 13.8 Å². The first-order valence-electron chi connectivity index (χ1n) is 5.67. The van der Waals surface area contributed by atoms with Gasteiger partial charge in [0.05, 0.1) is 5.25 Å². The van der Waals surface area contributed by atoms with Crippen LogP contribution in [-0.4, -0.2) is 17.5 Å². The monoisotopic (exact) mass is 289 g/mol. The van der Waals surface area contributed by atoms with E-state index in [4.69, 9.17) is 0 Å². The molecule has 0 radical (unpaired) electrons. The highest BCUT2D eigenvalue weighted by Gasteiger charge is 2.43. The Kier molecular flexibility index (Phi) is 3.58. The predicted octanol–water partition coefficient (Wildman–Crippen LogP) is 2.90. The number of carbonyl (C=O) groups excluding carboxylic acids is 1. The van der Waals surface area contributed by atoms with Gasteiger partial charge in [-0.25, -0.2) is 0 Å². The summed E-state index contributed by atoms with van der Waals surface area (Å²) in [5.41, 5.74) is 0.352. The van der Waals surface area contributed by atoms with Crippen LogP contribution in [0.3, 0.4) is 0 Å². The van der Waals surface area contributed by atoms with Gasteiger partial charge in [0.25, 0.3) is 0 Å². The predicted molar refractivity (Wildman–Crippen MR) is 68.9 cm³/mol. The van der Waals surface area contributed by atoms with Gasteiger partial charge in [0.2, 0.25) is 5.91 Å². The third-order valence-corrected chi connectivity index (χ3v) is 3.40. The first kappa shape index (κ1) is 13.9. The molecule has 1 N–H and O–H groups in total. The van der Waals surface area contributed by atoms with Gasteiger partial charge in [0, 0.05) is 11.8 Å². The van der Waals surface area contributed by atoms with Gasteiger partial charge in [-0.1, -0.05) is 13.8 Å². The summed E-state index contributed by atoms with van der Waals surface area (Å²) in [6.07, 6.45) is -3.66. The minimum Gasteiger partial charge on any atom is -0.395 e. The molecule has 1 aliphatic heterocycles. The Morgan fingerprint density at radius 2 is 1.95 bits per heavy atom. The van der Waals surface area contributed by atoms with E-state index in [1.807, 2.05) is 13.8 Å². The van der Waals surface area contributed by atoms with Gasteiger partial charge < -0.3 is 14.8 Å². The summed E-state index contributed by atoms with van der Waals surface area (Å²) in [6, 6.07) is 4.06. The molecule has 7 heteroatoms. The van der Waals surface area contributed by atoms with Gasteiger partial charge in [-0.2, -0.15) is 12.6 Å². The van der Waals surface area contributed by atoms with Crippen LogP contribution in [0.4, 0.5) is 14.5 Å². The van der Waals surface area contributed by atoms with Crippen molar-refractivity contribution < 1.29 is 23.0 Å². The molecule has 19 heavy (non-hydrogen) atoms. The van der Waals surface area contributed by atoms with Crippen LogP contribution < -0.4 is 14.8 Å². The van der Waals surface area contributed by atoms with Crippen molar-refractivity contribution in [1.29, 1.82) is 0 Å². The van der Waals surface area contributed by atoms with Crippen molar-refractivity contribution in [3.63, 3.8) is 0 Å². The molecule has 1 atom stereocenters. The first-order valence-corrected chi connectivity index (χ1v) is 6.19. The number of amides is 1. The van der Waals surface area contributed by atoms with E-state index in [1.165, 1.54) is 18.2 Å². The van der Waals surface area contributed by atoms with E-state index >= 15 is 0 Å². The summed E-state index contributed by atoms with van der Waals surface area (Å²) < 4.78 is 34.2. The van der Waals surface area contributed by atoms with Gasteiger partial charge >= 0.3 is 6.29 Å². The maximum absolute atomic E-state index is 12.8. The molecule has 1 amide bonds.